The molecule has 23 heavy (non-hydrogen) atoms. The highest BCUT2D eigenvalue weighted by molar-refractivity contribution is 8.01. The highest BCUT2D eigenvalue weighted by atomic mass is 32.2. The maximum Gasteiger partial charge on any atom is 0.323 e. The molecule has 5 heteroatoms. The fourth-order valence-electron chi connectivity index (χ4n) is 2.96. The van der Waals surface area contributed by atoms with E-state index in [9.17, 15) is 10.1 Å². The molecule has 1 aliphatic heterocycles. The Morgan fingerprint density at radius 3 is 2.57 bits per heavy atom. The number of rotatable bonds is 2. The van der Waals surface area contributed by atoms with E-state index in [4.69, 9.17) is 0 Å². The van der Waals surface area contributed by atoms with E-state index >= 15 is 0 Å². The number of urea groups is 1. The number of nitrogens with zero attached hydrogens (tertiary/aromatic N) is 2. The Bertz CT molecular complexity index is 648. The van der Waals surface area contributed by atoms with Gasteiger partial charge in [-0.3, -0.25) is 4.90 Å². The van der Waals surface area contributed by atoms with Crippen LogP contribution in [0.4, 0.5) is 10.5 Å². The van der Waals surface area contributed by atoms with Crippen molar-refractivity contribution < 1.29 is 4.79 Å². The average Bonchev–Trinajstić information content (AvgIpc) is 2.73. The first kappa shape index (κ1) is 17.7. The Balaban J connectivity index is 2.29. The lowest BCUT2D eigenvalue weighted by Gasteiger charge is -2.30. The van der Waals surface area contributed by atoms with Crippen molar-refractivity contribution in [2.75, 3.05) is 5.32 Å². The minimum absolute atomic E-state index is 0.000375. The van der Waals surface area contributed by atoms with Crippen LogP contribution in [0.25, 0.3) is 0 Å². The number of hydrogen-bond acceptors (Lipinski definition) is 3. The van der Waals surface area contributed by atoms with E-state index in [0.29, 0.717) is 0 Å². The van der Waals surface area contributed by atoms with Gasteiger partial charge in [-0.15, -0.1) is 11.8 Å². The first-order valence-electron chi connectivity index (χ1n) is 7.91. The van der Waals surface area contributed by atoms with E-state index < -0.39 is 6.04 Å². The van der Waals surface area contributed by atoms with Crippen LogP contribution in [0.15, 0.2) is 18.2 Å². The van der Waals surface area contributed by atoms with E-state index in [0.717, 1.165) is 16.8 Å². The predicted octanol–water partition coefficient (Wildman–Crippen LogP) is 4.54. The van der Waals surface area contributed by atoms with Crippen LogP contribution in [0, 0.1) is 31.1 Å². The van der Waals surface area contributed by atoms with E-state index in [-0.39, 0.29) is 22.1 Å². The molecule has 1 aromatic carbocycles. The van der Waals surface area contributed by atoms with Gasteiger partial charge in [0, 0.05) is 10.4 Å². The Kier molecular flexibility index (Phi) is 4.95. The molecule has 0 aliphatic carbocycles. The van der Waals surface area contributed by atoms with Gasteiger partial charge in [-0.1, -0.05) is 31.5 Å². The lowest BCUT2D eigenvalue weighted by molar-refractivity contribution is 0.184. The molecule has 1 fully saturated rings. The zero-order valence-corrected chi connectivity index (χ0v) is 15.5. The van der Waals surface area contributed by atoms with Crippen LogP contribution in [0.5, 0.6) is 0 Å². The van der Waals surface area contributed by atoms with Crippen LogP contribution in [0.1, 0.15) is 38.8 Å². The Hall–Kier alpha value is -1.67. The van der Waals surface area contributed by atoms with Crippen molar-refractivity contribution >= 4 is 23.5 Å². The standard InChI is InChI=1S/C18H25N3OS/c1-11(2)16-21(15(10-19)18(5,6)23-16)17(22)20-14-8-7-12(3)9-13(14)4/h7-9,11,15-16H,1-6H3,(H,20,22). The molecule has 2 atom stereocenters. The second kappa shape index (κ2) is 6.45. The van der Waals surface area contributed by atoms with Gasteiger partial charge in [0.05, 0.1) is 11.4 Å². The van der Waals surface area contributed by atoms with E-state index in [2.05, 4.69) is 25.2 Å². The fraction of sp³-hybridized carbons (Fsp3) is 0.556. The molecule has 0 spiro atoms. The Morgan fingerprint density at radius 2 is 2.04 bits per heavy atom. The van der Waals surface area contributed by atoms with E-state index in [1.165, 1.54) is 0 Å². The summed E-state index contributed by atoms with van der Waals surface area (Å²) in [6.07, 6.45) is 0. The zero-order chi connectivity index (χ0) is 17.4. The molecule has 0 saturated carbocycles. The van der Waals surface area contributed by atoms with Crippen molar-refractivity contribution in [1.29, 1.82) is 5.26 Å². The normalized spacial score (nSPS) is 23.0. The number of thioether (sulfide) groups is 1. The number of benzene rings is 1. The van der Waals surface area contributed by atoms with Crippen molar-refractivity contribution in [1.82, 2.24) is 4.90 Å². The Labute approximate surface area is 143 Å². The summed E-state index contributed by atoms with van der Waals surface area (Å²) in [5.41, 5.74) is 2.99. The predicted molar refractivity (Wildman–Crippen MR) is 96.5 cm³/mol. The van der Waals surface area contributed by atoms with Crippen LogP contribution in [-0.4, -0.2) is 27.1 Å². The molecule has 0 radical (unpaired) electrons. The number of amides is 2. The summed E-state index contributed by atoms with van der Waals surface area (Å²) in [4.78, 5) is 14.6. The number of carbonyl (C=O) groups excluding carboxylic acids is 1. The summed E-state index contributed by atoms with van der Waals surface area (Å²) in [5, 5.41) is 12.6. The summed E-state index contributed by atoms with van der Waals surface area (Å²) in [6.45, 7) is 12.2. The van der Waals surface area contributed by atoms with Gasteiger partial charge in [0.2, 0.25) is 0 Å². The maximum atomic E-state index is 12.9. The Morgan fingerprint density at radius 1 is 1.39 bits per heavy atom. The minimum atomic E-state index is -0.439. The third-order valence-corrected chi connectivity index (χ3v) is 6.03. The quantitative estimate of drug-likeness (QED) is 0.865. The summed E-state index contributed by atoms with van der Waals surface area (Å²) >= 11 is 1.70. The van der Waals surface area contributed by atoms with Crippen LogP contribution in [-0.2, 0) is 0 Å². The van der Waals surface area contributed by atoms with E-state index in [1.807, 2.05) is 45.9 Å². The SMILES string of the molecule is Cc1ccc(NC(=O)N2C(C(C)C)SC(C)(C)C2C#N)c(C)c1. The number of aryl methyl sites for hydroxylation is 2. The fourth-order valence-corrected chi connectivity index (χ4v) is 4.48. The first-order valence-corrected chi connectivity index (χ1v) is 8.79. The number of nitrogens with one attached hydrogen (secondary N) is 1. The zero-order valence-electron chi connectivity index (χ0n) is 14.7. The van der Waals surface area contributed by atoms with Gasteiger partial charge in [-0.05, 0) is 45.2 Å². The lowest BCUT2D eigenvalue weighted by Crippen LogP contribution is -2.48. The number of anilines is 1. The van der Waals surface area contributed by atoms with Gasteiger partial charge in [0.1, 0.15) is 6.04 Å². The second-order valence-corrected chi connectivity index (χ2v) is 8.81. The van der Waals surface area contributed by atoms with Gasteiger partial charge < -0.3 is 5.32 Å². The smallest absolute Gasteiger partial charge is 0.308 e. The van der Waals surface area contributed by atoms with Crippen molar-refractivity contribution in [3.8, 4) is 6.07 Å². The molecule has 0 bridgehead atoms. The monoisotopic (exact) mass is 331 g/mol. The third-order valence-electron chi connectivity index (χ3n) is 4.19. The van der Waals surface area contributed by atoms with Crippen LogP contribution < -0.4 is 5.32 Å². The third kappa shape index (κ3) is 3.48. The van der Waals surface area contributed by atoms with Gasteiger partial charge >= 0.3 is 6.03 Å². The van der Waals surface area contributed by atoms with Crippen molar-refractivity contribution in [2.45, 2.75) is 57.7 Å². The van der Waals surface area contributed by atoms with Gasteiger partial charge in [-0.2, -0.15) is 5.26 Å². The number of nitriles is 1. The van der Waals surface area contributed by atoms with Crippen LogP contribution >= 0.6 is 11.8 Å². The highest BCUT2D eigenvalue weighted by Gasteiger charge is 2.50. The van der Waals surface area contributed by atoms with Gasteiger partial charge in [0.15, 0.2) is 0 Å². The van der Waals surface area contributed by atoms with Crippen LogP contribution in [0.3, 0.4) is 0 Å². The number of carbonyl (C=O) groups is 1. The first-order chi connectivity index (χ1) is 10.7. The molecular formula is C18H25N3OS. The number of hydrogen-bond donors (Lipinski definition) is 1. The van der Waals surface area contributed by atoms with Crippen molar-refractivity contribution in [2.24, 2.45) is 5.92 Å². The molecule has 2 rings (SSSR count). The minimum Gasteiger partial charge on any atom is -0.308 e. The summed E-state index contributed by atoms with van der Waals surface area (Å²) < 4.78 is -0.274. The lowest BCUT2D eigenvalue weighted by atomic mass is 10.0. The van der Waals surface area contributed by atoms with Crippen LogP contribution in [0.2, 0.25) is 0 Å². The largest absolute Gasteiger partial charge is 0.323 e. The molecular weight excluding hydrogens is 306 g/mol. The summed E-state index contributed by atoms with van der Waals surface area (Å²) in [7, 11) is 0. The average molecular weight is 331 g/mol. The second-order valence-electron chi connectivity index (χ2n) is 7.04. The highest BCUT2D eigenvalue weighted by Crippen LogP contribution is 2.46. The molecule has 0 aromatic heterocycles. The topological polar surface area (TPSA) is 56.1 Å². The van der Waals surface area contributed by atoms with Crippen molar-refractivity contribution in [3.05, 3.63) is 29.3 Å². The maximum absolute atomic E-state index is 12.9. The molecule has 2 amide bonds. The molecule has 1 aliphatic rings. The molecule has 124 valence electrons. The summed E-state index contributed by atoms with van der Waals surface area (Å²) in [6, 6.07) is 7.63. The molecule has 1 aromatic rings. The molecule has 1 heterocycles. The van der Waals surface area contributed by atoms with Gasteiger partial charge in [0.25, 0.3) is 0 Å². The molecule has 1 saturated heterocycles. The van der Waals surface area contributed by atoms with E-state index in [1.54, 1.807) is 16.7 Å². The molecule has 2 unspecified atom stereocenters. The molecule has 1 N–H and O–H groups in total. The molecule has 4 nitrogen and oxygen atoms in total. The van der Waals surface area contributed by atoms with Gasteiger partial charge in [-0.25, -0.2) is 4.79 Å². The van der Waals surface area contributed by atoms with Crippen molar-refractivity contribution in [3.63, 3.8) is 0 Å². The summed E-state index contributed by atoms with van der Waals surface area (Å²) in [5.74, 6) is 0.280.